The molecule has 0 radical (unpaired) electrons. The van der Waals surface area contributed by atoms with Crippen LogP contribution in [-0.4, -0.2) is 14.5 Å². The van der Waals surface area contributed by atoms with E-state index in [0.717, 1.165) is 34.0 Å². The van der Waals surface area contributed by atoms with Crippen LogP contribution in [0.4, 0.5) is 0 Å². The number of hydrogen-bond acceptors (Lipinski definition) is 2. The first kappa shape index (κ1) is 28.2. The van der Waals surface area contributed by atoms with Crippen LogP contribution >= 0.6 is 0 Å². The summed E-state index contributed by atoms with van der Waals surface area (Å²) in [7, 11) is 0. The van der Waals surface area contributed by atoms with Crippen molar-refractivity contribution < 1.29 is 0 Å². The minimum atomic E-state index is -0.250. The molecule has 0 atom stereocenters. The van der Waals surface area contributed by atoms with E-state index in [1.54, 1.807) is 0 Å². The summed E-state index contributed by atoms with van der Waals surface area (Å²) in [6.45, 7) is 9.38. The van der Waals surface area contributed by atoms with Gasteiger partial charge in [0, 0.05) is 49.5 Å². The molecular formula is C46H35N3. The van der Waals surface area contributed by atoms with Crippen LogP contribution < -0.4 is 0 Å². The first-order valence-corrected chi connectivity index (χ1v) is 17.2. The molecule has 0 fully saturated rings. The van der Waals surface area contributed by atoms with E-state index in [1.807, 2.05) is 6.07 Å². The normalized spacial score (nSPS) is 14.9. The average Bonchev–Trinajstić information content (AvgIpc) is 3.69. The molecule has 8 aromatic rings. The highest BCUT2D eigenvalue weighted by Gasteiger charge is 2.40. The molecule has 3 nitrogen and oxygen atoms in total. The number of rotatable bonds is 3. The third-order valence-electron chi connectivity index (χ3n) is 11.2. The van der Waals surface area contributed by atoms with Crippen LogP contribution in [0, 0.1) is 0 Å². The number of nitrogens with zero attached hydrogens (tertiary/aromatic N) is 3. The van der Waals surface area contributed by atoms with E-state index in [4.69, 9.17) is 9.97 Å². The molecule has 0 amide bonds. The molecule has 0 saturated heterocycles. The van der Waals surface area contributed by atoms with Crippen molar-refractivity contribution in [3.63, 3.8) is 0 Å². The molecule has 2 aliphatic carbocycles. The zero-order chi connectivity index (χ0) is 33.1. The van der Waals surface area contributed by atoms with Crippen molar-refractivity contribution in [2.45, 2.75) is 38.5 Å². The molecule has 2 heterocycles. The van der Waals surface area contributed by atoms with E-state index < -0.39 is 0 Å². The predicted octanol–water partition coefficient (Wildman–Crippen LogP) is 11.5. The maximum atomic E-state index is 5.38. The SMILES string of the molecule is CC1(C)c2ccccc2-c2nc(-c3ccccc3)nc(-c3cccc(-n4c5ccccc5c5c6c(ccc54)-c4ccccc4C6(C)C)c3)c21. The standard InChI is InChI=1S/C46H35N3/c1-45(2)35-22-11-8-19-31(35)32-25-26-38-39(40(32)45)34-21-10-13-24-37(34)49(38)30-18-14-17-29(27-30)42-41-43(33-20-9-12-23-36(33)46(41,3)4)48-44(47-42)28-15-6-5-7-16-28/h5-27H,1-4H3. The summed E-state index contributed by atoms with van der Waals surface area (Å²) in [5, 5.41) is 2.62. The Morgan fingerprint density at radius 1 is 0.469 bits per heavy atom. The molecule has 0 bridgehead atoms. The number of benzene rings is 6. The minimum absolute atomic E-state index is 0.113. The Morgan fingerprint density at radius 3 is 1.92 bits per heavy atom. The topological polar surface area (TPSA) is 30.7 Å². The average molecular weight is 630 g/mol. The third-order valence-corrected chi connectivity index (χ3v) is 11.2. The second-order valence-corrected chi connectivity index (χ2v) is 14.6. The summed E-state index contributed by atoms with van der Waals surface area (Å²) in [4.78, 5) is 10.6. The van der Waals surface area contributed by atoms with Crippen LogP contribution in [-0.2, 0) is 10.8 Å². The second kappa shape index (κ2) is 9.87. The molecule has 0 spiro atoms. The first-order chi connectivity index (χ1) is 23.8. The minimum Gasteiger partial charge on any atom is -0.309 e. The Bertz CT molecular complexity index is 2660. The van der Waals surface area contributed by atoms with Gasteiger partial charge in [-0.25, -0.2) is 9.97 Å². The van der Waals surface area contributed by atoms with Crippen LogP contribution in [0.25, 0.3) is 72.5 Å². The molecular weight excluding hydrogens is 595 g/mol. The fraction of sp³-hybridized carbons (Fsp3) is 0.130. The van der Waals surface area contributed by atoms with Gasteiger partial charge in [0.15, 0.2) is 5.82 Å². The molecule has 49 heavy (non-hydrogen) atoms. The fourth-order valence-corrected chi connectivity index (χ4v) is 8.94. The molecule has 234 valence electrons. The highest BCUT2D eigenvalue weighted by Crippen LogP contribution is 2.54. The molecule has 0 saturated carbocycles. The lowest BCUT2D eigenvalue weighted by Crippen LogP contribution is -2.17. The van der Waals surface area contributed by atoms with E-state index in [-0.39, 0.29) is 10.8 Å². The largest absolute Gasteiger partial charge is 0.309 e. The Balaban J connectivity index is 1.24. The predicted molar refractivity (Wildman–Crippen MR) is 202 cm³/mol. The van der Waals surface area contributed by atoms with Gasteiger partial charge in [0.2, 0.25) is 0 Å². The summed E-state index contributed by atoms with van der Waals surface area (Å²) in [6, 6.07) is 50.5. The first-order valence-electron chi connectivity index (χ1n) is 17.2. The molecule has 10 rings (SSSR count). The van der Waals surface area contributed by atoms with Crippen LogP contribution in [0.3, 0.4) is 0 Å². The van der Waals surface area contributed by atoms with Gasteiger partial charge in [0.05, 0.1) is 22.4 Å². The van der Waals surface area contributed by atoms with Crippen molar-refractivity contribution in [1.82, 2.24) is 14.5 Å². The highest BCUT2D eigenvalue weighted by molar-refractivity contribution is 6.14. The van der Waals surface area contributed by atoms with Gasteiger partial charge >= 0.3 is 0 Å². The van der Waals surface area contributed by atoms with Crippen molar-refractivity contribution in [1.29, 1.82) is 0 Å². The van der Waals surface area contributed by atoms with Gasteiger partial charge in [-0.15, -0.1) is 0 Å². The summed E-state index contributed by atoms with van der Waals surface area (Å²) in [6.07, 6.45) is 0. The van der Waals surface area contributed by atoms with Gasteiger partial charge in [-0.1, -0.05) is 143 Å². The lowest BCUT2D eigenvalue weighted by molar-refractivity contribution is 0.658. The quantitative estimate of drug-likeness (QED) is 0.195. The fourth-order valence-electron chi connectivity index (χ4n) is 8.94. The maximum absolute atomic E-state index is 5.38. The summed E-state index contributed by atoms with van der Waals surface area (Å²) in [5.41, 5.74) is 16.5. The highest BCUT2D eigenvalue weighted by atomic mass is 15.0. The van der Waals surface area contributed by atoms with Crippen LogP contribution in [0.2, 0.25) is 0 Å². The van der Waals surface area contributed by atoms with Crippen LogP contribution in [0.15, 0.2) is 140 Å². The number of fused-ring (bicyclic) bond motifs is 10. The van der Waals surface area contributed by atoms with Crippen LogP contribution in [0.1, 0.15) is 49.9 Å². The maximum Gasteiger partial charge on any atom is 0.160 e. The van der Waals surface area contributed by atoms with Gasteiger partial charge in [-0.2, -0.15) is 0 Å². The van der Waals surface area contributed by atoms with Gasteiger partial charge in [0.1, 0.15) is 0 Å². The Morgan fingerprint density at radius 2 is 1.10 bits per heavy atom. The van der Waals surface area contributed by atoms with Crippen molar-refractivity contribution in [3.8, 4) is 50.7 Å². The Kier molecular flexibility index (Phi) is 5.69. The van der Waals surface area contributed by atoms with Crippen molar-refractivity contribution in [2.24, 2.45) is 0 Å². The second-order valence-electron chi connectivity index (χ2n) is 14.6. The van der Waals surface area contributed by atoms with Gasteiger partial charge in [-0.05, 0) is 52.1 Å². The molecule has 6 aromatic carbocycles. The van der Waals surface area contributed by atoms with E-state index in [1.165, 1.54) is 60.8 Å². The van der Waals surface area contributed by atoms with Crippen molar-refractivity contribution in [2.75, 3.05) is 0 Å². The van der Waals surface area contributed by atoms with E-state index in [9.17, 15) is 0 Å². The zero-order valence-electron chi connectivity index (χ0n) is 28.1. The molecule has 2 aliphatic rings. The number of hydrogen-bond donors (Lipinski definition) is 0. The lowest BCUT2D eigenvalue weighted by atomic mass is 9.80. The van der Waals surface area contributed by atoms with E-state index in [0.29, 0.717) is 0 Å². The molecule has 0 N–H and O–H groups in total. The summed E-state index contributed by atoms with van der Waals surface area (Å²) >= 11 is 0. The van der Waals surface area contributed by atoms with E-state index >= 15 is 0 Å². The molecule has 0 unspecified atom stereocenters. The molecule has 2 aromatic heterocycles. The monoisotopic (exact) mass is 629 g/mol. The lowest BCUT2D eigenvalue weighted by Gasteiger charge is -2.24. The van der Waals surface area contributed by atoms with Gasteiger partial charge < -0.3 is 4.57 Å². The molecule has 0 aliphatic heterocycles. The summed E-state index contributed by atoms with van der Waals surface area (Å²) in [5.74, 6) is 0.751. The van der Waals surface area contributed by atoms with Crippen molar-refractivity contribution >= 4 is 21.8 Å². The number of para-hydroxylation sites is 1. The zero-order valence-corrected chi connectivity index (χ0v) is 28.1. The van der Waals surface area contributed by atoms with Crippen LogP contribution in [0.5, 0.6) is 0 Å². The summed E-state index contributed by atoms with van der Waals surface area (Å²) < 4.78 is 2.45. The Hall–Kier alpha value is -5.80. The molecule has 3 heteroatoms. The van der Waals surface area contributed by atoms with Gasteiger partial charge in [0.25, 0.3) is 0 Å². The van der Waals surface area contributed by atoms with Crippen molar-refractivity contribution in [3.05, 3.63) is 162 Å². The third kappa shape index (κ3) is 3.79. The Labute approximate surface area is 286 Å². The van der Waals surface area contributed by atoms with Gasteiger partial charge in [-0.3, -0.25) is 0 Å². The number of aromatic nitrogens is 3. The smallest absolute Gasteiger partial charge is 0.160 e. The van der Waals surface area contributed by atoms with E-state index in [2.05, 4.69) is 166 Å².